The molecule has 0 saturated heterocycles. The normalized spacial score (nSPS) is 26.6. The van der Waals surface area contributed by atoms with E-state index in [1.165, 1.54) is 11.3 Å². The minimum absolute atomic E-state index is 0. The molecule has 1 aliphatic rings. The zero-order valence-corrected chi connectivity index (χ0v) is 14.2. The van der Waals surface area contributed by atoms with E-state index in [1.807, 2.05) is 0 Å². The molecule has 0 aromatic carbocycles. The van der Waals surface area contributed by atoms with Gasteiger partial charge in [-0.2, -0.15) is 0 Å². The first-order valence-electron chi connectivity index (χ1n) is 4.60. The quantitative estimate of drug-likeness (QED) is 0.554. The molecule has 0 amide bonds. The fraction of sp³-hybridized carbons (Fsp3) is 0.667. The zero-order valence-electron chi connectivity index (χ0n) is 10.0. The molecular weight excluding hydrogens is 201 g/mol. The maximum Gasteiger partial charge on any atom is 0.157 e. The summed E-state index contributed by atoms with van der Waals surface area (Å²) in [7, 11) is -1.86. The van der Waals surface area contributed by atoms with Gasteiger partial charge in [0.1, 0.15) is 0 Å². The Hall–Kier alpha value is 0.844. The molecule has 0 fully saturated rings. The van der Waals surface area contributed by atoms with Crippen LogP contribution in [0.15, 0.2) is 15.4 Å². The minimum Gasteiger partial charge on any atom is -0.332 e. The van der Waals surface area contributed by atoms with Crippen LogP contribution in [0.4, 0.5) is 0 Å². The van der Waals surface area contributed by atoms with Crippen molar-refractivity contribution in [2.75, 3.05) is 0 Å². The molecule has 0 N–H and O–H groups in total. The van der Waals surface area contributed by atoms with Gasteiger partial charge in [-0.1, -0.05) is 24.8 Å². The van der Waals surface area contributed by atoms with Gasteiger partial charge in [0.2, 0.25) is 0 Å². The fourth-order valence-corrected chi connectivity index (χ4v) is 8.57. The molecule has 0 aliphatic carbocycles. The minimum atomic E-state index is -1.07. The molecule has 1 atom stereocenters. The Morgan fingerprint density at radius 2 is 1.62 bits per heavy atom. The number of rotatable bonds is 0. The van der Waals surface area contributed by atoms with Gasteiger partial charge >= 0.3 is 0 Å². The summed E-state index contributed by atoms with van der Waals surface area (Å²) >= 11 is 0. The van der Waals surface area contributed by atoms with E-state index in [0.29, 0.717) is 0 Å². The predicted molar refractivity (Wildman–Crippen MR) is 67.7 cm³/mol. The fourth-order valence-electron chi connectivity index (χ4n) is 1.62. The third-order valence-corrected chi connectivity index (χ3v) is 16.6. The van der Waals surface area contributed by atoms with E-state index in [-0.39, 0.29) is 29.6 Å². The molecular formula is C9H19NNaSi2. The molecule has 1 unspecified atom stereocenters. The van der Waals surface area contributed by atoms with Crippen LogP contribution in [-0.4, -0.2) is 51.3 Å². The standard InChI is InChI=1S/C9H19NSi2.Na/c1-7-8(2)10-11(4)12(5,6)9(7)3;/h11H,1-6H3;. The summed E-state index contributed by atoms with van der Waals surface area (Å²) in [6, 6.07) is 0. The van der Waals surface area contributed by atoms with Crippen LogP contribution in [0, 0.1) is 0 Å². The van der Waals surface area contributed by atoms with Crippen molar-refractivity contribution in [2.45, 2.75) is 40.4 Å². The van der Waals surface area contributed by atoms with Crippen molar-refractivity contribution >= 4 is 51.3 Å². The maximum atomic E-state index is 4.83. The SMILES string of the molecule is CC1=N[SiH](C)[Si](C)(C)C(C)=C1C.[Na]. The molecule has 4 heteroatoms. The molecule has 0 aromatic heterocycles. The number of allylic oxidation sites excluding steroid dienone is 2. The van der Waals surface area contributed by atoms with Gasteiger partial charge in [-0.25, -0.2) is 0 Å². The van der Waals surface area contributed by atoms with E-state index >= 15 is 0 Å². The first-order valence-corrected chi connectivity index (χ1v) is 11.1. The van der Waals surface area contributed by atoms with Crippen molar-refractivity contribution in [2.24, 2.45) is 4.66 Å². The average Bonchev–Trinajstić information content (AvgIpc) is 1.99. The van der Waals surface area contributed by atoms with Crippen molar-refractivity contribution in [3.8, 4) is 0 Å². The Balaban J connectivity index is 0.00000144. The van der Waals surface area contributed by atoms with Crippen LogP contribution >= 0.6 is 0 Å². The molecule has 0 spiro atoms. The summed E-state index contributed by atoms with van der Waals surface area (Å²) in [5.41, 5.74) is 2.77. The summed E-state index contributed by atoms with van der Waals surface area (Å²) < 4.78 is 4.83. The Kier molecular flexibility index (Phi) is 4.87. The van der Waals surface area contributed by atoms with Crippen LogP contribution in [0.2, 0.25) is 19.6 Å². The molecule has 1 heterocycles. The predicted octanol–water partition coefficient (Wildman–Crippen LogP) is 2.10. The van der Waals surface area contributed by atoms with Gasteiger partial charge in [0.25, 0.3) is 0 Å². The Bertz CT molecular complexity index is 269. The molecule has 0 aromatic rings. The third kappa shape index (κ3) is 2.45. The van der Waals surface area contributed by atoms with Gasteiger partial charge in [-0.15, -0.1) is 0 Å². The van der Waals surface area contributed by atoms with Gasteiger partial charge < -0.3 is 4.66 Å². The second kappa shape index (κ2) is 4.58. The third-order valence-electron chi connectivity index (χ3n) is 3.50. The van der Waals surface area contributed by atoms with Crippen molar-refractivity contribution in [1.82, 2.24) is 0 Å². The van der Waals surface area contributed by atoms with E-state index in [4.69, 9.17) is 4.66 Å². The van der Waals surface area contributed by atoms with Gasteiger partial charge in [-0.3, -0.25) is 0 Å². The van der Waals surface area contributed by atoms with Crippen LogP contribution in [-0.2, 0) is 0 Å². The second-order valence-corrected chi connectivity index (χ2v) is 17.0. The first-order chi connectivity index (χ1) is 5.37. The number of nitrogens with zero attached hydrogens (tertiary/aromatic N) is 1. The van der Waals surface area contributed by atoms with Crippen LogP contribution in [0.5, 0.6) is 0 Å². The second-order valence-electron chi connectivity index (χ2n) is 4.36. The van der Waals surface area contributed by atoms with Gasteiger partial charge in [-0.05, 0) is 26.3 Å². The van der Waals surface area contributed by atoms with E-state index < -0.39 is 16.1 Å². The van der Waals surface area contributed by atoms with Crippen LogP contribution < -0.4 is 0 Å². The van der Waals surface area contributed by atoms with Crippen LogP contribution in [0.3, 0.4) is 0 Å². The van der Waals surface area contributed by atoms with Crippen molar-refractivity contribution < 1.29 is 0 Å². The molecule has 69 valence electrons. The summed E-state index contributed by atoms with van der Waals surface area (Å²) in [6.45, 7) is 14.0. The monoisotopic (exact) mass is 220 g/mol. The Morgan fingerprint density at radius 1 is 1.15 bits per heavy atom. The number of hydrogen-bond acceptors (Lipinski definition) is 1. The zero-order chi connectivity index (χ0) is 9.52. The van der Waals surface area contributed by atoms with Gasteiger partial charge in [0.05, 0.1) is 7.59 Å². The topological polar surface area (TPSA) is 12.4 Å². The van der Waals surface area contributed by atoms with Crippen molar-refractivity contribution in [1.29, 1.82) is 0 Å². The molecule has 0 saturated carbocycles. The van der Waals surface area contributed by atoms with Crippen LogP contribution in [0.1, 0.15) is 20.8 Å². The smallest absolute Gasteiger partial charge is 0.157 e. The summed E-state index contributed by atoms with van der Waals surface area (Å²) in [4.78, 5) is 0. The Labute approximate surface area is 106 Å². The van der Waals surface area contributed by atoms with Crippen molar-refractivity contribution in [3.63, 3.8) is 0 Å². The molecule has 1 radical (unpaired) electrons. The maximum absolute atomic E-state index is 4.83. The van der Waals surface area contributed by atoms with E-state index in [9.17, 15) is 0 Å². The molecule has 1 rings (SSSR count). The van der Waals surface area contributed by atoms with E-state index in [1.54, 1.807) is 5.20 Å². The van der Waals surface area contributed by atoms with Gasteiger partial charge in [0, 0.05) is 35.3 Å². The number of hydrogen-bond donors (Lipinski definition) is 0. The van der Waals surface area contributed by atoms with Crippen molar-refractivity contribution in [3.05, 3.63) is 10.8 Å². The summed E-state index contributed by atoms with van der Waals surface area (Å²) in [5.74, 6) is 0. The molecule has 0 bridgehead atoms. The largest absolute Gasteiger partial charge is 0.332 e. The first kappa shape index (κ1) is 13.8. The average molecular weight is 220 g/mol. The van der Waals surface area contributed by atoms with E-state index in [0.717, 1.165) is 0 Å². The van der Waals surface area contributed by atoms with Gasteiger partial charge in [0.15, 0.2) is 8.48 Å². The molecule has 13 heavy (non-hydrogen) atoms. The molecule has 1 aliphatic heterocycles. The van der Waals surface area contributed by atoms with Crippen LogP contribution in [0.25, 0.3) is 0 Å². The summed E-state index contributed by atoms with van der Waals surface area (Å²) in [6.07, 6.45) is 0. The summed E-state index contributed by atoms with van der Waals surface area (Å²) in [5, 5.41) is 1.69. The molecule has 1 nitrogen and oxygen atoms in total. The van der Waals surface area contributed by atoms with E-state index in [2.05, 4.69) is 40.4 Å². The Morgan fingerprint density at radius 3 is 2.08 bits per heavy atom.